The van der Waals surface area contributed by atoms with Crippen molar-refractivity contribution in [3.8, 4) is 0 Å². The Labute approximate surface area is 147 Å². The number of benzene rings is 1. The van der Waals surface area contributed by atoms with Gasteiger partial charge >= 0.3 is 10.1 Å². The number of hydrogen-bond acceptors (Lipinski definition) is 4. The number of rotatable bonds is 10. The van der Waals surface area contributed by atoms with Crippen molar-refractivity contribution in [3.63, 3.8) is 0 Å². The highest BCUT2D eigenvalue weighted by Gasteiger charge is 2.26. The molecule has 0 aliphatic carbocycles. The van der Waals surface area contributed by atoms with E-state index in [2.05, 4.69) is 27.7 Å². The lowest BCUT2D eigenvalue weighted by Crippen LogP contribution is -2.26. The summed E-state index contributed by atoms with van der Waals surface area (Å²) in [4.78, 5) is 5.26. The lowest BCUT2D eigenvalue weighted by molar-refractivity contribution is -0.218. The van der Waals surface area contributed by atoms with Crippen molar-refractivity contribution < 1.29 is 17.6 Å². The van der Waals surface area contributed by atoms with Crippen LogP contribution in [0, 0.1) is 18.3 Å². The summed E-state index contributed by atoms with van der Waals surface area (Å²) < 4.78 is 29.0. The van der Waals surface area contributed by atoms with E-state index in [4.69, 9.17) is 9.22 Å². The SMILES string of the molecule is CCCCCCC(COOS(=O)(=O)c1ccc(C)cc1)C(C)(C)C. The van der Waals surface area contributed by atoms with Crippen molar-refractivity contribution in [3.05, 3.63) is 29.8 Å². The van der Waals surface area contributed by atoms with E-state index in [-0.39, 0.29) is 22.8 Å². The van der Waals surface area contributed by atoms with Gasteiger partial charge in [0.1, 0.15) is 0 Å². The average Bonchev–Trinajstić information content (AvgIpc) is 2.49. The smallest absolute Gasteiger partial charge is 0.219 e. The zero-order valence-corrected chi connectivity index (χ0v) is 16.5. The maximum atomic E-state index is 12.1. The molecule has 0 spiro atoms. The number of hydrogen-bond donors (Lipinski definition) is 0. The third-order valence-electron chi connectivity index (χ3n) is 4.35. The molecular formula is C19H32O4S. The van der Waals surface area contributed by atoms with Crippen molar-refractivity contribution in [2.75, 3.05) is 6.61 Å². The van der Waals surface area contributed by atoms with Crippen LogP contribution in [0.2, 0.25) is 0 Å². The van der Waals surface area contributed by atoms with Crippen molar-refractivity contribution in [2.24, 2.45) is 11.3 Å². The Kier molecular flexibility index (Phi) is 8.40. The lowest BCUT2D eigenvalue weighted by atomic mass is 9.78. The summed E-state index contributed by atoms with van der Waals surface area (Å²) in [7, 11) is -3.87. The van der Waals surface area contributed by atoms with Gasteiger partial charge in [-0.25, -0.2) is 4.89 Å². The van der Waals surface area contributed by atoms with Gasteiger partial charge in [0, 0.05) is 0 Å². The third-order valence-corrected chi connectivity index (χ3v) is 5.47. The molecule has 0 fully saturated rings. The first-order valence-corrected chi connectivity index (χ1v) is 10.2. The van der Waals surface area contributed by atoms with Crippen LogP contribution in [0.3, 0.4) is 0 Å². The van der Waals surface area contributed by atoms with E-state index < -0.39 is 10.1 Å². The lowest BCUT2D eigenvalue weighted by Gasteiger charge is -2.30. The van der Waals surface area contributed by atoms with Gasteiger partial charge in [-0.15, -0.1) is 4.33 Å². The fourth-order valence-corrected chi connectivity index (χ4v) is 3.23. The van der Waals surface area contributed by atoms with Crippen LogP contribution in [-0.2, 0) is 19.3 Å². The number of aryl methyl sites for hydroxylation is 1. The standard InChI is InChI=1S/C19H32O4S/c1-6-7-8-9-10-17(19(3,4)5)15-22-23-24(20,21)18-13-11-16(2)12-14-18/h11-14,17H,6-10,15H2,1-5H3. The van der Waals surface area contributed by atoms with E-state index in [1.54, 1.807) is 12.1 Å². The first kappa shape index (κ1) is 21.1. The first-order valence-electron chi connectivity index (χ1n) is 8.79. The molecular weight excluding hydrogens is 324 g/mol. The summed E-state index contributed by atoms with van der Waals surface area (Å²) >= 11 is 0. The zero-order chi connectivity index (χ0) is 18.2. The van der Waals surface area contributed by atoms with E-state index in [9.17, 15) is 8.42 Å². The van der Waals surface area contributed by atoms with Crippen molar-refractivity contribution >= 4 is 10.1 Å². The second-order valence-corrected chi connectivity index (χ2v) is 9.05. The minimum Gasteiger partial charge on any atom is -0.219 e. The van der Waals surface area contributed by atoms with Gasteiger partial charge in [-0.1, -0.05) is 71.1 Å². The molecule has 0 saturated carbocycles. The quantitative estimate of drug-likeness (QED) is 0.326. The fraction of sp³-hybridized carbons (Fsp3) is 0.684. The van der Waals surface area contributed by atoms with Crippen LogP contribution in [0.5, 0.6) is 0 Å². The van der Waals surface area contributed by atoms with E-state index in [0.717, 1.165) is 18.4 Å². The molecule has 0 N–H and O–H groups in total. The summed E-state index contributed by atoms with van der Waals surface area (Å²) in [6.07, 6.45) is 5.78. The second kappa shape index (κ2) is 9.54. The molecule has 138 valence electrons. The Morgan fingerprint density at radius 3 is 2.21 bits per heavy atom. The van der Waals surface area contributed by atoms with E-state index in [1.165, 1.54) is 31.4 Å². The molecule has 0 radical (unpaired) electrons. The highest BCUT2D eigenvalue weighted by molar-refractivity contribution is 7.86. The van der Waals surface area contributed by atoms with Crippen molar-refractivity contribution in [1.29, 1.82) is 0 Å². The van der Waals surface area contributed by atoms with Gasteiger partial charge in [0.2, 0.25) is 0 Å². The maximum absolute atomic E-state index is 12.1. The van der Waals surface area contributed by atoms with Gasteiger partial charge in [0.25, 0.3) is 0 Å². The van der Waals surface area contributed by atoms with Crippen LogP contribution in [0.15, 0.2) is 29.2 Å². The van der Waals surface area contributed by atoms with Gasteiger partial charge in [0.15, 0.2) is 0 Å². The normalized spacial score (nSPS) is 13.9. The first-order chi connectivity index (χ1) is 11.2. The van der Waals surface area contributed by atoms with E-state index in [0.29, 0.717) is 0 Å². The van der Waals surface area contributed by atoms with Crippen LogP contribution in [0.4, 0.5) is 0 Å². The van der Waals surface area contributed by atoms with Gasteiger partial charge in [-0.3, -0.25) is 0 Å². The molecule has 0 aliphatic rings. The maximum Gasteiger partial charge on any atom is 0.323 e. The molecule has 0 amide bonds. The van der Waals surface area contributed by atoms with Crippen LogP contribution in [0.1, 0.15) is 65.4 Å². The number of unbranched alkanes of at least 4 members (excludes halogenated alkanes) is 3. The molecule has 1 aromatic carbocycles. The molecule has 0 bridgehead atoms. The van der Waals surface area contributed by atoms with E-state index >= 15 is 0 Å². The largest absolute Gasteiger partial charge is 0.323 e. The zero-order valence-electron chi connectivity index (χ0n) is 15.7. The Morgan fingerprint density at radius 1 is 1.04 bits per heavy atom. The molecule has 0 aromatic heterocycles. The fourth-order valence-electron chi connectivity index (χ4n) is 2.50. The van der Waals surface area contributed by atoms with Gasteiger partial charge in [-0.05, 0) is 36.8 Å². The summed E-state index contributed by atoms with van der Waals surface area (Å²) in [5.74, 6) is 0.252. The molecule has 1 aromatic rings. The highest BCUT2D eigenvalue weighted by atomic mass is 32.2. The van der Waals surface area contributed by atoms with Crippen LogP contribution >= 0.6 is 0 Å². The van der Waals surface area contributed by atoms with Gasteiger partial charge < -0.3 is 0 Å². The predicted octanol–water partition coefficient (Wildman–Crippen LogP) is 5.26. The molecule has 4 nitrogen and oxygen atoms in total. The molecule has 1 rings (SSSR count). The molecule has 24 heavy (non-hydrogen) atoms. The average molecular weight is 357 g/mol. The minimum absolute atomic E-state index is 0.0448. The molecule has 1 atom stereocenters. The Morgan fingerprint density at radius 2 is 1.67 bits per heavy atom. The van der Waals surface area contributed by atoms with E-state index in [1.807, 2.05) is 6.92 Å². The topological polar surface area (TPSA) is 52.6 Å². The summed E-state index contributed by atoms with van der Waals surface area (Å²) in [5, 5.41) is 0. The third kappa shape index (κ3) is 7.32. The molecule has 5 heteroatoms. The predicted molar refractivity (Wildman–Crippen MR) is 97.1 cm³/mol. The monoisotopic (exact) mass is 356 g/mol. The summed E-state index contributed by atoms with van der Waals surface area (Å²) in [6, 6.07) is 6.53. The minimum atomic E-state index is -3.87. The summed E-state index contributed by atoms with van der Waals surface area (Å²) in [6.45, 7) is 10.8. The molecule has 1 unspecified atom stereocenters. The Balaban J connectivity index is 2.55. The van der Waals surface area contributed by atoms with Gasteiger partial charge in [0.05, 0.1) is 11.5 Å². The Hall–Kier alpha value is -0.910. The van der Waals surface area contributed by atoms with Crippen molar-refractivity contribution in [2.45, 2.75) is 71.6 Å². The second-order valence-electron chi connectivity index (χ2n) is 7.53. The van der Waals surface area contributed by atoms with Crippen LogP contribution in [0.25, 0.3) is 0 Å². The van der Waals surface area contributed by atoms with Crippen LogP contribution in [-0.4, -0.2) is 15.0 Å². The highest BCUT2D eigenvalue weighted by Crippen LogP contribution is 2.31. The Bertz CT molecular complexity index is 570. The molecule has 0 heterocycles. The van der Waals surface area contributed by atoms with Gasteiger partial charge in [-0.2, -0.15) is 8.42 Å². The summed E-state index contributed by atoms with van der Waals surface area (Å²) in [5.41, 5.74) is 1.04. The van der Waals surface area contributed by atoms with Crippen molar-refractivity contribution in [1.82, 2.24) is 0 Å². The van der Waals surface area contributed by atoms with Crippen LogP contribution < -0.4 is 0 Å². The molecule has 0 saturated heterocycles. The molecule has 0 aliphatic heterocycles.